The van der Waals surface area contributed by atoms with E-state index in [9.17, 15) is 9.59 Å². The van der Waals surface area contributed by atoms with E-state index >= 15 is 0 Å². The summed E-state index contributed by atoms with van der Waals surface area (Å²) >= 11 is 0. The lowest BCUT2D eigenvalue weighted by Gasteiger charge is -2.33. The van der Waals surface area contributed by atoms with Crippen LogP contribution in [0.1, 0.15) is 47.2 Å². The zero-order valence-electron chi connectivity index (χ0n) is 18.4. The van der Waals surface area contributed by atoms with Gasteiger partial charge in [-0.05, 0) is 49.6 Å². The highest BCUT2D eigenvalue weighted by atomic mass is 16.5. The summed E-state index contributed by atoms with van der Waals surface area (Å²) in [5.41, 5.74) is 2.57. The molecule has 1 aliphatic rings. The lowest BCUT2D eigenvalue weighted by Crippen LogP contribution is -2.44. The van der Waals surface area contributed by atoms with Crippen LogP contribution in [0.15, 0.2) is 42.5 Å². The molecule has 1 fully saturated rings. The summed E-state index contributed by atoms with van der Waals surface area (Å²) in [5, 5.41) is 5.84. The Morgan fingerprint density at radius 3 is 2.68 bits per heavy atom. The van der Waals surface area contributed by atoms with Gasteiger partial charge >= 0.3 is 6.03 Å². The van der Waals surface area contributed by atoms with Gasteiger partial charge < -0.3 is 25.0 Å². The average Bonchev–Trinajstić information content (AvgIpc) is 2.82. The molecule has 0 aliphatic carbocycles. The fourth-order valence-electron chi connectivity index (χ4n) is 3.91. The number of hydrogen-bond donors (Lipinski definition) is 2. The smallest absolute Gasteiger partial charge is 0.317 e. The molecule has 2 aromatic carbocycles. The highest BCUT2D eigenvalue weighted by Gasteiger charge is 2.25. The Balaban J connectivity index is 1.66. The highest BCUT2D eigenvalue weighted by Crippen LogP contribution is 2.28. The molecule has 0 bridgehead atoms. The van der Waals surface area contributed by atoms with Crippen LogP contribution in [0.25, 0.3) is 0 Å². The Morgan fingerprint density at radius 2 is 1.94 bits per heavy atom. The van der Waals surface area contributed by atoms with E-state index in [1.807, 2.05) is 48.2 Å². The average molecular weight is 426 g/mol. The molecular formula is C24H31N3O4. The minimum Gasteiger partial charge on any atom is -0.497 e. The molecule has 1 aliphatic heterocycles. The monoisotopic (exact) mass is 425 g/mol. The van der Waals surface area contributed by atoms with Gasteiger partial charge in [0.25, 0.3) is 5.91 Å². The van der Waals surface area contributed by atoms with E-state index in [4.69, 9.17) is 9.47 Å². The van der Waals surface area contributed by atoms with Crippen molar-refractivity contribution in [2.75, 3.05) is 33.9 Å². The summed E-state index contributed by atoms with van der Waals surface area (Å²) in [4.78, 5) is 26.8. The van der Waals surface area contributed by atoms with Crippen molar-refractivity contribution in [2.45, 2.75) is 32.2 Å². The minimum absolute atomic E-state index is 0.0189. The predicted octanol–water partition coefficient (Wildman–Crippen LogP) is 3.54. The van der Waals surface area contributed by atoms with E-state index in [-0.39, 0.29) is 17.9 Å². The zero-order valence-corrected chi connectivity index (χ0v) is 18.4. The van der Waals surface area contributed by atoms with E-state index in [0.717, 1.165) is 30.5 Å². The van der Waals surface area contributed by atoms with Crippen molar-refractivity contribution >= 4 is 11.9 Å². The number of hydrogen-bond acceptors (Lipinski definition) is 4. The van der Waals surface area contributed by atoms with E-state index < -0.39 is 0 Å². The number of carbonyl (C=O) groups is 2. The molecule has 31 heavy (non-hydrogen) atoms. The van der Waals surface area contributed by atoms with E-state index in [1.165, 1.54) is 0 Å². The number of piperidine rings is 1. The Hall–Kier alpha value is -3.22. The third-order valence-electron chi connectivity index (χ3n) is 5.59. The van der Waals surface area contributed by atoms with Crippen LogP contribution in [0, 0.1) is 0 Å². The van der Waals surface area contributed by atoms with Crippen molar-refractivity contribution in [3.63, 3.8) is 0 Å². The molecule has 2 N–H and O–H groups in total. The summed E-state index contributed by atoms with van der Waals surface area (Å²) < 4.78 is 10.6. The van der Waals surface area contributed by atoms with E-state index in [0.29, 0.717) is 36.7 Å². The standard InChI is InChI=1S/C24H31N3O4/c1-4-25-24(29)27-12-6-9-20(16-27)17-7-5-8-18(13-17)23(28)26-15-19-10-11-21(30-2)14-22(19)31-3/h5,7-8,10-11,13-14,20H,4,6,9,12,15-16H2,1-3H3,(H,25,29)(H,26,28)/t20-/m1/s1. The van der Waals surface area contributed by atoms with Crippen molar-refractivity contribution < 1.29 is 19.1 Å². The Labute approximate surface area is 183 Å². The second-order valence-corrected chi connectivity index (χ2v) is 7.61. The lowest BCUT2D eigenvalue weighted by molar-refractivity contribution is 0.0950. The Kier molecular flexibility index (Phi) is 7.76. The molecule has 1 heterocycles. The van der Waals surface area contributed by atoms with Crippen LogP contribution in [0.5, 0.6) is 11.5 Å². The first-order valence-electron chi connectivity index (χ1n) is 10.7. The number of methoxy groups -OCH3 is 2. The molecule has 0 saturated carbocycles. The zero-order chi connectivity index (χ0) is 22.2. The number of likely N-dealkylation sites (tertiary alicyclic amines) is 1. The van der Waals surface area contributed by atoms with Crippen molar-refractivity contribution in [3.8, 4) is 11.5 Å². The van der Waals surface area contributed by atoms with Crippen molar-refractivity contribution in [2.24, 2.45) is 0 Å². The molecule has 166 valence electrons. The molecule has 7 nitrogen and oxygen atoms in total. The first-order chi connectivity index (χ1) is 15.0. The van der Waals surface area contributed by atoms with Crippen LogP contribution in [0.3, 0.4) is 0 Å². The van der Waals surface area contributed by atoms with Gasteiger partial charge in [-0.3, -0.25) is 4.79 Å². The number of urea groups is 1. The molecule has 1 saturated heterocycles. The number of ether oxygens (including phenoxy) is 2. The van der Waals surface area contributed by atoms with E-state index in [1.54, 1.807) is 20.3 Å². The van der Waals surface area contributed by atoms with Crippen LogP contribution in [0.2, 0.25) is 0 Å². The van der Waals surface area contributed by atoms with Crippen LogP contribution in [-0.2, 0) is 6.54 Å². The number of carbonyl (C=O) groups excluding carboxylic acids is 2. The quantitative estimate of drug-likeness (QED) is 0.711. The highest BCUT2D eigenvalue weighted by molar-refractivity contribution is 5.94. The second kappa shape index (κ2) is 10.7. The van der Waals surface area contributed by atoms with Gasteiger partial charge in [-0.25, -0.2) is 4.79 Å². The fraction of sp³-hybridized carbons (Fsp3) is 0.417. The number of benzene rings is 2. The van der Waals surface area contributed by atoms with E-state index in [2.05, 4.69) is 10.6 Å². The van der Waals surface area contributed by atoms with Crippen LogP contribution in [-0.4, -0.2) is 50.7 Å². The maximum absolute atomic E-state index is 12.8. The summed E-state index contributed by atoms with van der Waals surface area (Å²) in [6.45, 7) is 4.33. The van der Waals surface area contributed by atoms with Crippen LogP contribution in [0.4, 0.5) is 4.79 Å². The molecule has 0 unspecified atom stereocenters. The van der Waals surface area contributed by atoms with Crippen molar-refractivity contribution in [3.05, 3.63) is 59.2 Å². The van der Waals surface area contributed by atoms with Gasteiger partial charge in [0.1, 0.15) is 11.5 Å². The maximum Gasteiger partial charge on any atom is 0.317 e. The van der Waals surface area contributed by atoms with Gasteiger partial charge in [-0.15, -0.1) is 0 Å². The number of nitrogens with one attached hydrogen (secondary N) is 2. The summed E-state index contributed by atoms with van der Waals surface area (Å²) in [5.74, 6) is 1.46. The lowest BCUT2D eigenvalue weighted by atomic mass is 9.89. The predicted molar refractivity (Wildman–Crippen MR) is 120 cm³/mol. The van der Waals surface area contributed by atoms with Crippen LogP contribution < -0.4 is 20.1 Å². The summed E-state index contributed by atoms with van der Waals surface area (Å²) in [6.07, 6.45) is 1.96. The molecule has 1 atom stereocenters. The third kappa shape index (κ3) is 5.69. The molecular weight excluding hydrogens is 394 g/mol. The first-order valence-corrected chi connectivity index (χ1v) is 10.7. The summed E-state index contributed by atoms with van der Waals surface area (Å²) in [7, 11) is 3.20. The number of nitrogens with zero attached hydrogens (tertiary/aromatic N) is 1. The molecule has 0 aromatic heterocycles. The molecule has 0 radical (unpaired) electrons. The van der Waals surface area contributed by atoms with Gasteiger partial charge in [0.15, 0.2) is 0 Å². The van der Waals surface area contributed by atoms with Gasteiger partial charge in [0.05, 0.1) is 14.2 Å². The van der Waals surface area contributed by atoms with Gasteiger partial charge in [0, 0.05) is 49.3 Å². The SMILES string of the molecule is CCNC(=O)N1CCC[C@@H](c2cccc(C(=O)NCc3ccc(OC)cc3OC)c2)C1. The molecule has 3 amide bonds. The van der Waals surface area contributed by atoms with Crippen molar-refractivity contribution in [1.82, 2.24) is 15.5 Å². The first kappa shape index (κ1) is 22.5. The van der Waals surface area contributed by atoms with Gasteiger partial charge in [-0.2, -0.15) is 0 Å². The Bertz CT molecular complexity index is 915. The van der Waals surface area contributed by atoms with Gasteiger partial charge in [-0.1, -0.05) is 12.1 Å². The largest absolute Gasteiger partial charge is 0.497 e. The van der Waals surface area contributed by atoms with Crippen molar-refractivity contribution in [1.29, 1.82) is 0 Å². The topological polar surface area (TPSA) is 79.9 Å². The van der Waals surface area contributed by atoms with Crippen LogP contribution >= 0.6 is 0 Å². The van der Waals surface area contributed by atoms with Gasteiger partial charge in [0.2, 0.25) is 0 Å². The molecule has 3 rings (SSSR count). The third-order valence-corrected chi connectivity index (χ3v) is 5.59. The second-order valence-electron chi connectivity index (χ2n) is 7.61. The minimum atomic E-state index is -0.142. The molecule has 0 spiro atoms. The molecule has 7 heteroatoms. The fourth-order valence-corrected chi connectivity index (χ4v) is 3.91. The normalized spacial score (nSPS) is 15.8. The molecule has 2 aromatic rings. The Morgan fingerprint density at radius 1 is 1.10 bits per heavy atom. The number of rotatable bonds is 7. The maximum atomic E-state index is 12.8. The summed E-state index contributed by atoms with van der Waals surface area (Å²) in [6, 6.07) is 13.2. The number of amides is 3.